The number of hydrogen-bond donors (Lipinski definition) is 0. The van der Waals surface area contributed by atoms with Crippen molar-refractivity contribution in [2.45, 2.75) is 59.5 Å². The summed E-state index contributed by atoms with van der Waals surface area (Å²) >= 11 is 0. The lowest BCUT2D eigenvalue weighted by Crippen LogP contribution is -2.08. The lowest BCUT2D eigenvalue weighted by Gasteiger charge is -2.22. The zero-order valence-corrected chi connectivity index (χ0v) is 14.7. The summed E-state index contributed by atoms with van der Waals surface area (Å²) in [4.78, 5) is 0. The van der Waals surface area contributed by atoms with Crippen LogP contribution in [0.5, 0.6) is 5.75 Å². The van der Waals surface area contributed by atoms with Gasteiger partial charge in [0, 0.05) is 5.56 Å². The van der Waals surface area contributed by atoms with Crippen LogP contribution in [0.1, 0.15) is 64.5 Å². The predicted molar refractivity (Wildman–Crippen MR) is 95.8 cm³/mol. The molecule has 0 aromatic heterocycles. The second-order valence-electron chi connectivity index (χ2n) is 6.78. The number of ether oxygens (including phenoxy) is 1. The first-order valence-electron chi connectivity index (χ1n) is 8.30. The average molecular weight is 296 g/mol. The molecule has 0 spiro atoms. The molecular formula is C21H28O. The van der Waals surface area contributed by atoms with Gasteiger partial charge >= 0.3 is 0 Å². The molecule has 0 fully saturated rings. The van der Waals surface area contributed by atoms with Crippen molar-refractivity contribution in [3.63, 3.8) is 0 Å². The third-order valence-corrected chi connectivity index (χ3v) is 3.89. The third kappa shape index (κ3) is 3.52. The van der Waals surface area contributed by atoms with E-state index in [1.807, 2.05) is 6.07 Å². The van der Waals surface area contributed by atoms with Crippen LogP contribution < -0.4 is 4.74 Å². The van der Waals surface area contributed by atoms with Crippen LogP contribution >= 0.6 is 0 Å². The predicted octanol–water partition coefficient (Wildman–Crippen LogP) is 6.39. The Bertz CT molecular complexity index is 597. The largest absolute Gasteiger partial charge is 0.490 e. The number of benzene rings is 2. The topological polar surface area (TPSA) is 9.23 Å². The lowest BCUT2D eigenvalue weighted by molar-refractivity contribution is 0.243. The standard InChI is InChI=1S/C21H28O/c1-14(2)17-11-9-12-18(15(3)4)21(17)19-10-7-8-13-20(19)22-16(5)6/h7-16H,1-6H3. The van der Waals surface area contributed by atoms with E-state index in [2.05, 4.69) is 77.9 Å². The molecule has 0 heterocycles. The van der Waals surface area contributed by atoms with Gasteiger partial charge in [0.1, 0.15) is 5.75 Å². The molecule has 2 aromatic carbocycles. The van der Waals surface area contributed by atoms with Crippen LogP contribution in [-0.2, 0) is 0 Å². The van der Waals surface area contributed by atoms with Crippen molar-refractivity contribution >= 4 is 0 Å². The minimum absolute atomic E-state index is 0.176. The van der Waals surface area contributed by atoms with Crippen molar-refractivity contribution in [3.8, 4) is 16.9 Å². The van der Waals surface area contributed by atoms with Gasteiger partial charge in [-0.2, -0.15) is 0 Å². The van der Waals surface area contributed by atoms with Crippen LogP contribution in [0.25, 0.3) is 11.1 Å². The SMILES string of the molecule is CC(C)Oc1ccccc1-c1c(C(C)C)cccc1C(C)C. The fourth-order valence-corrected chi connectivity index (χ4v) is 2.89. The summed E-state index contributed by atoms with van der Waals surface area (Å²) < 4.78 is 6.07. The summed E-state index contributed by atoms with van der Waals surface area (Å²) in [7, 11) is 0. The molecule has 0 saturated carbocycles. The highest BCUT2D eigenvalue weighted by molar-refractivity contribution is 5.77. The second kappa shape index (κ2) is 7.00. The normalized spacial score (nSPS) is 11.5. The summed E-state index contributed by atoms with van der Waals surface area (Å²) in [5.41, 5.74) is 5.35. The molecule has 0 atom stereocenters. The Balaban J connectivity index is 2.71. The maximum Gasteiger partial charge on any atom is 0.127 e. The fraction of sp³-hybridized carbons (Fsp3) is 0.429. The van der Waals surface area contributed by atoms with Crippen LogP contribution in [0, 0.1) is 0 Å². The van der Waals surface area contributed by atoms with Crippen molar-refractivity contribution in [1.29, 1.82) is 0 Å². The molecule has 0 radical (unpaired) electrons. The highest BCUT2D eigenvalue weighted by Gasteiger charge is 2.18. The molecule has 0 unspecified atom stereocenters. The van der Waals surface area contributed by atoms with Crippen LogP contribution in [0.3, 0.4) is 0 Å². The van der Waals surface area contributed by atoms with Gasteiger partial charge in [-0.1, -0.05) is 64.1 Å². The Kier molecular flexibility index (Phi) is 5.28. The first-order chi connectivity index (χ1) is 10.4. The minimum atomic E-state index is 0.176. The summed E-state index contributed by atoms with van der Waals surface area (Å²) in [5, 5.41) is 0. The Morgan fingerprint density at radius 1 is 0.682 bits per heavy atom. The number of rotatable bonds is 5. The third-order valence-electron chi connectivity index (χ3n) is 3.89. The molecule has 22 heavy (non-hydrogen) atoms. The van der Waals surface area contributed by atoms with Crippen molar-refractivity contribution in [3.05, 3.63) is 53.6 Å². The Morgan fingerprint density at radius 2 is 1.23 bits per heavy atom. The molecule has 2 aromatic rings. The van der Waals surface area contributed by atoms with Crippen molar-refractivity contribution in [2.24, 2.45) is 0 Å². The number of para-hydroxylation sites is 1. The first-order valence-corrected chi connectivity index (χ1v) is 8.30. The zero-order chi connectivity index (χ0) is 16.3. The van der Waals surface area contributed by atoms with E-state index in [1.165, 1.54) is 22.3 Å². The highest BCUT2D eigenvalue weighted by Crippen LogP contribution is 2.40. The molecule has 0 N–H and O–H groups in total. The molecule has 0 aliphatic rings. The van der Waals surface area contributed by atoms with Gasteiger partial charge in [0.15, 0.2) is 0 Å². The molecule has 0 bridgehead atoms. The molecule has 0 aliphatic heterocycles. The van der Waals surface area contributed by atoms with E-state index in [0.717, 1.165) is 5.75 Å². The van der Waals surface area contributed by atoms with Gasteiger partial charge in [-0.3, -0.25) is 0 Å². The van der Waals surface area contributed by atoms with E-state index in [-0.39, 0.29) is 6.10 Å². The maximum atomic E-state index is 6.07. The highest BCUT2D eigenvalue weighted by atomic mass is 16.5. The first kappa shape index (κ1) is 16.6. The summed E-state index contributed by atoms with van der Waals surface area (Å²) in [6, 6.07) is 15.1. The minimum Gasteiger partial charge on any atom is -0.490 e. The van der Waals surface area contributed by atoms with Gasteiger partial charge < -0.3 is 4.74 Å². The van der Waals surface area contributed by atoms with E-state index >= 15 is 0 Å². The van der Waals surface area contributed by atoms with Gasteiger partial charge in [0.05, 0.1) is 6.10 Å². The maximum absolute atomic E-state index is 6.07. The lowest BCUT2D eigenvalue weighted by atomic mass is 9.85. The quantitative estimate of drug-likeness (QED) is 0.621. The molecule has 0 amide bonds. The van der Waals surface area contributed by atoms with E-state index in [0.29, 0.717) is 11.8 Å². The van der Waals surface area contributed by atoms with E-state index in [4.69, 9.17) is 4.74 Å². The molecule has 2 rings (SSSR count). The molecule has 118 valence electrons. The van der Waals surface area contributed by atoms with Crippen molar-refractivity contribution < 1.29 is 4.74 Å². The number of hydrogen-bond acceptors (Lipinski definition) is 1. The van der Waals surface area contributed by atoms with E-state index in [9.17, 15) is 0 Å². The van der Waals surface area contributed by atoms with Gasteiger partial charge in [-0.05, 0) is 48.4 Å². The Morgan fingerprint density at radius 3 is 1.73 bits per heavy atom. The van der Waals surface area contributed by atoms with E-state index < -0.39 is 0 Å². The molecule has 1 heteroatoms. The van der Waals surface area contributed by atoms with Crippen LogP contribution in [0.4, 0.5) is 0 Å². The molecule has 0 aliphatic carbocycles. The van der Waals surface area contributed by atoms with Crippen LogP contribution in [0.2, 0.25) is 0 Å². The monoisotopic (exact) mass is 296 g/mol. The smallest absolute Gasteiger partial charge is 0.127 e. The van der Waals surface area contributed by atoms with Crippen molar-refractivity contribution in [2.75, 3.05) is 0 Å². The van der Waals surface area contributed by atoms with Gasteiger partial charge in [0.25, 0.3) is 0 Å². The Hall–Kier alpha value is -1.76. The van der Waals surface area contributed by atoms with Gasteiger partial charge in [0.2, 0.25) is 0 Å². The summed E-state index contributed by atoms with van der Waals surface area (Å²) in [6.45, 7) is 13.2. The molecular weight excluding hydrogens is 268 g/mol. The fourth-order valence-electron chi connectivity index (χ4n) is 2.89. The van der Waals surface area contributed by atoms with Gasteiger partial charge in [-0.15, -0.1) is 0 Å². The molecule has 0 saturated heterocycles. The Labute approximate surface area is 135 Å². The average Bonchev–Trinajstić information content (AvgIpc) is 2.46. The van der Waals surface area contributed by atoms with Crippen LogP contribution in [-0.4, -0.2) is 6.10 Å². The zero-order valence-electron chi connectivity index (χ0n) is 14.7. The van der Waals surface area contributed by atoms with Crippen molar-refractivity contribution in [1.82, 2.24) is 0 Å². The summed E-state index contributed by atoms with van der Waals surface area (Å²) in [5.74, 6) is 1.95. The summed E-state index contributed by atoms with van der Waals surface area (Å²) in [6.07, 6.45) is 0.176. The second-order valence-corrected chi connectivity index (χ2v) is 6.78. The van der Waals surface area contributed by atoms with E-state index in [1.54, 1.807) is 0 Å². The van der Waals surface area contributed by atoms with Crippen LogP contribution in [0.15, 0.2) is 42.5 Å². The molecule has 1 nitrogen and oxygen atoms in total. The van der Waals surface area contributed by atoms with Gasteiger partial charge in [-0.25, -0.2) is 0 Å².